The van der Waals surface area contributed by atoms with Gasteiger partial charge in [-0.3, -0.25) is 10.1 Å². The SMILES string of the molecule is CCNC(=NCc1cccc([N+](=O)[O-])c1)N1CC(C)(C)C1(C)C.I. The number of nitrogens with zero attached hydrogens (tertiary/aromatic N) is 3. The largest absolute Gasteiger partial charge is 0.356 e. The lowest BCUT2D eigenvalue weighted by atomic mass is 9.65. The number of halogens is 1. The Morgan fingerprint density at radius 1 is 1.38 bits per heavy atom. The Labute approximate surface area is 160 Å². The molecule has 1 heterocycles. The van der Waals surface area contributed by atoms with Crippen molar-refractivity contribution < 1.29 is 4.92 Å². The minimum atomic E-state index is -0.376. The predicted octanol–water partition coefficient (Wildman–Crippen LogP) is 3.80. The van der Waals surface area contributed by atoms with Crippen molar-refractivity contribution in [1.82, 2.24) is 10.2 Å². The fourth-order valence-corrected chi connectivity index (χ4v) is 2.73. The molecule has 0 aromatic heterocycles. The standard InChI is InChI=1S/C17H26N4O2.HI/c1-6-18-15(20-12-16(2,3)17(20,4)5)19-11-13-8-7-9-14(10-13)21(22)23;/h7-10H,6,11-12H2,1-5H3,(H,18,19);1H. The van der Waals surface area contributed by atoms with Crippen molar-refractivity contribution in [3.8, 4) is 0 Å². The van der Waals surface area contributed by atoms with Gasteiger partial charge in [-0.15, -0.1) is 24.0 Å². The number of guanidine groups is 1. The summed E-state index contributed by atoms with van der Waals surface area (Å²) in [5.74, 6) is 0.864. The molecule has 0 bridgehead atoms. The van der Waals surface area contributed by atoms with E-state index < -0.39 is 0 Å². The Morgan fingerprint density at radius 3 is 2.54 bits per heavy atom. The lowest BCUT2D eigenvalue weighted by Crippen LogP contribution is -2.72. The number of non-ortho nitro benzene ring substituents is 1. The minimum absolute atomic E-state index is 0. The summed E-state index contributed by atoms with van der Waals surface area (Å²) in [4.78, 5) is 17.4. The second kappa shape index (κ2) is 7.67. The van der Waals surface area contributed by atoms with Gasteiger partial charge in [0, 0.05) is 36.2 Å². The van der Waals surface area contributed by atoms with Crippen LogP contribution in [-0.4, -0.2) is 34.4 Å². The first-order valence-corrected chi connectivity index (χ1v) is 7.98. The Hall–Kier alpha value is -1.38. The molecule has 2 rings (SSSR count). The molecule has 0 amide bonds. The molecule has 0 aliphatic carbocycles. The molecule has 1 aliphatic rings. The number of likely N-dealkylation sites (tertiary alicyclic amines) is 1. The lowest BCUT2D eigenvalue weighted by molar-refractivity contribution is -0.384. The highest BCUT2D eigenvalue weighted by Gasteiger charge is 2.53. The maximum absolute atomic E-state index is 10.9. The molecule has 1 saturated heterocycles. The van der Waals surface area contributed by atoms with Gasteiger partial charge in [0.25, 0.3) is 5.69 Å². The van der Waals surface area contributed by atoms with Crippen LogP contribution in [-0.2, 0) is 6.54 Å². The van der Waals surface area contributed by atoms with Gasteiger partial charge >= 0.3 is 0 Å². The van der Waals surface area contributed by atoms with E-state index in [1.807, 2.05) is 13.0 Å². The molecule has 1 fully saturated rings. The number of hydrogen-bond acceptors (Lipinski definition) is 3. The summed E-state index contributed by atoms with van der Waals surface area (Å²) in [5.41, 5.74) is 1.20. The van der Waals surface area contributed by atoms with Crippen LogP contribution >= 0.6 is 24.0 Å². The van der Waals surface area contributed by atoms with Crippen molar-refractivity contribution in [3.63, 3.8) is 0 Å². The van der Waals surface area contributed by atoms with E-state index in [-0.39, 0.29) is 45.5 Å². The van der Waals surface area contributed by atoms with Crippen LogP contribution in [0.15, 0.2) is 29.3 Å². The van der Waals surface area contributed by atoms with E-state index in [0.717, 1.165) is 24.6 Å². The average Bonchev–Trinajstić information content (AvgIpc) is 2.49. The zero-order valence-electron chi connectivity index (χ0n) is 15.0. The zero-order chi connectivity index (χ0) is 17.3. The Bertz CT molecular complexity index is 629. The van der Waals surface area contributed by atoms with E-state index in [4.69, 9.17) is 0 Å². The van der Waals surface area contributed by atoms with Crippen LogP contribution in [0.2, 0.25) is 0 Å². The van der Waals surface area contributed by atoms with E-state index in [9.17, 15) is 10.1 Å². The fraction of sp³-hybridized carbons (Fsp3) is 0.588. The molecule has 0 atom stereocenters. The molecule has 1 aromatic carbocycles. The Morgan fingerprint density at radius 2 is 2.04 bits per heavy atom. The van der Waals surface area contributed by atoms with Crippen molar-refractivity contribution in [2.24, 2.45) is 10.4 Å². The van der Waals surface area contributed by atoms with Gasteiger partial charge in [-0.25, -0.2) is 4.99 Å². The average molecular weight is 446 g/mol. The molecular weight excluding hydrogens is 419 g/mol. The van der Waals surface area contributed by atoms with Crippen LogP contribution in [0.3, 0.4) is 0 Å². The number of nitrogens with one attached hydrogen (secondary N) is 1. The van der Waals surface area contributed by atoms with Crippen LogP contribution in [0.4, 0.5) is 5.69 Å². The molecule has 0 radical (unpaired) electrons. The van der Waals surface area contributed by atoms with Gasteiger partial charge in [0.2, 0.25) is 0 Å². The topological polar surface area (TPSA) is 70.8 Å². The molecule has 24 heavy (non-hydrogen) atoms. The van der Waals surface area contributed by atoms with Crippen molar-refractivity contribution in [3.05, 3.63) is 39.9 Å². The van der Waals surface area contributed by atoms with Gasteiger partial charge in [0.1, 0.15) is 0 Å². The summed E-state index contributed by atoms with van der Waals surface area (Å²) >= 11 is 0. The first-order chi connectivity index (χ1) is 10.7. The second-order valence-corrected chi connectivity index (χ2v) is 7.13. The van der Waals surface area contributed by atoms with Gasteiger partial charge in [0.15, 0.2) is 5.96 Å². The normalized spacial score (nSPS) is 18.4. The monoisotopic (exact) mass is 446 g/mol. The van der Waals surface area contributed by atoms with E-state index in [2.05, 4.69) is 42.9 Å². The second-order valence-electron chi connectivity index (χ2n) is 7.13. The van der Waals surface area contributed by atoms with Crippen LogP contribution in [0, 0.1) is 15.5 Å². The maximum atomic E-state index is 10.9. The van der Waals surface area contributed by atoms with Crippen molar-refractivity contribution in [2.75, 3.05) is 13.1 Å². The first kappa shape index (κ1) is 20.7. The summed E-state index contributed by atoms with van der Waals surface area (Å²) in [6.45, 7) is 13.2. The Kier molecular flexibility index (Phi) is 6.60. The molecule has 134 valence electrons. The quantitative estimate of drug-likeness (QED) is 0.251. The molecule has 0 unspecified atom stereocenters. The van der Waals surface area contributed by atoms with E-state index >= 15 is 0 Å². The van der Waals surface area contributed by atoms with Crippen LogP contribution in [0.5, 0.6) is 0 Å². The lowest BCUT2D eigenvalue weighted by Gasteiger charge is -2.62. The molecular formula is C17H27IN4O2. The van der Waals surface area contributed by atoms with Crippen LogP contribution in [0.25, 0.3) is 0 Å². The molecule has 6 nitrogen and oxygen atoms in total. The van der Waals surface area contributed by atoms with Crippen molar-refractivity contribution in [2.45, 2.75) is 46.7 Å². The summed E-state index contributed by atoms with van der Waals surface area (Å²) in [7, 11) is 0. The molecule has 1 aliphatic heterocycles. The van der Waals surface area contributed by atoms with Gasteiger partial charge in [-0.2, -0.15) is 0 Å². The highest BCUT2D eigenvalue weighted by atomic mass is 127. The third-order valence-electron chi connectivity index (χ3n) is 5.01. The number of aliphatic imine (C=N–C) groups is 1. The first-order valence-electron chi connectivity index (χ1n) is 7.98. The predicted molar refractivity (Wildman–Crippen MR) is 108 cm³/mol. The van der Waals surface area contributed by atoms with Crippen LogP contribution in [0.1, 0.15) is 40.2 Å². The van der Waals surface area contributed by atoms with E-state index in [1.54, 1.807) is 12.1 Å². The summed E-state index contributed by atoms with van der Waals surface area (Å²) in [6, 6.07) is 6.65. The third-order valence-corrected chi connectivity index (χ3v) is 5.01. The van der Waals surface area contributed by atoms with Gasteiger partial charge in [-0.1, -0.05) is 26.0 Å². The summed E-state index contributed by atoms with van der Waals surface area (Å²) < 4.78 is 0. The summed E-state index contributed by atoms with van der Waals surface area (Å²) in [6.07, 6.45) is 0. The fourth-order valence-electron chi connectivity index (χ4n) is 2.73. The molecule has 0 saturated carbocycles. The van der Waals surface area contributed by atoms with Crippen molar-refractivity contribution >= 4 is 35.6 Å². The minimum Gasteiger partial charge on any atom is -0.356 e. The van der Waals surface area contributed by atoms with E-state index in [0.29, 0.717) is 6.54 Å². The van der Waals surface area contributed by atoms with Gasteiger partial charge in [0.05, 0.1) is 11.5 Å². The number of nitro benzene ring substituents is 1. The highest BCUT2D eigenvalue weighted by Crippen LogP contribution is 2.46. The molecule has 0 spiro atoms. The number of hydrogen-bond donors (Lipinski definition) is 1. The number of rotatable bonds is 4. The third kappa shape index (κ3) is 3.99. The molecule has 7 heteroatoms. The number of benzene rings is 1. The number of nitro groups is 1. The summed E-state index contributed by atoms with van der Waals surface area (Å²) in [5, 5.41) is 14.2. The smallest absolute Gasteiger partial charge is 0.269 e. The van der Waals surface area contributed by atoms with E-state index in [1.165, 1.54) is 6.07 Å². The van der Waals surface area contributed by atoms with Crippen molar-refractivity contribution in [1.29, 1.82) is 0 Å². The zero-order valence-corrected chi connectivity index (χ0v) is 17.3. The van der Waals surface area contributed by atoms with Gasteiger partial charge < -0.3 is 10.2 Å². The van der Waals surface area contributed by atoms with Gasteiger partial charge in [-0.05, 0) is 26.3 Å². The van der Waals surface area contributed by atoms with Crippen LogP contribution < -0.4 is 5.32 Å². The highest BCUT2D eigenvalue weighted by molar-refractivity contribution is 14.0. The molecule has 1 N–H and O–H groups in total. The maximum Gasteiger partial charge on any atom is 0.269 e. The Balaban J connectivity index is 0.00000288. The molecule has 1 aromatic rings.